The highest BCUT2D eigenvalue weighted by atomic mass is 16.5. The number of aliphatic imine (C=N–C) groups is 3. The number of allylic oxidation sites excluding steroid dienone is 2. The number of para-hydroxylation sites is 1. The van der Waals surface area contributed by atoms with Crippen LogP contribution < -0.4 is 4.74 Å². The van der Waals surface area contributed by atoms with Crippen molar-refractivity contribution in [3.63, 3.8) is 0 Å². The minimum atomic E-state index is -0.808. The van der Waals surface area contributed by atoms with Crippen LogP contribution in [0.5, 0.6) is 5.75 Å². The minimum absolute atomic E-state index is 0.0501. The molecule has 1 aromatic rings. The maximum absolute atomic E-state index is 12.7. The maximum atomic E-state index is 12.7. The molecule has 1 aliphatic carbocycles. The zero-order valence-electron chi connectivity index (χ0n) is 14.2. The molecule has 1 aromatic carbocycles. The van der Waals surface area contributed by atoms with Gasteiger partial charge in [-0.2, -0.15) is 0 Å². The average Bonchev–Trinajstić information content (AvgIpc) is 3.05. The summed E-state index contributed by atoms with van der Waals surface area (Å²) in [6.07, 6.45) is 1.80. The highest BCUT2D eigenvalue weighted by Gasteiger charge is 2.45. The lowest BCUT2D eigenvalue weighted by atomic mass is 9.74. The van der Waals surface area contributed by atoms with Crippen molar-refractivity contribution in [1.29, 1.82) is 0 Å². The van der Waals surface area contributed by atoms with Gasteiger partial charge >= 0.3 is 0 Å². The fourth-order valence-electron chi connectivity index (χ4n) is 3.35. The van der Waals surface area contributed by atoms with Crippen LogP contribution in [0.2, 0.25) is 0 Å². The van der Waals surface area contributed by atoms with E-state index in [1.165, 1.54) is 0 Å². The Hall–Kier alpha value is -2.89. The van der Waals surface area contributed by atoms with Crippen molar-refractivity contribution < 1.29 is 14.3 Å². The van der Waals surface area contributed by atoms with Crippen LogP contribution in [0.1, 0.15) is 25.8 Å². The van der Waals surface area contributed by atoms with E-state index >= 15 is 0 Å². The predicted octanol–water partition coefficient (Wildman–Crippen LogP) is 2.17. The van der Waals surface area contributed by atoms with E-state index in [1.807, 2.05) is 24.3 Å². The Morgan fingerprint density at radius 2 is 1.92 bits per heavy atom. The number of carbonyl (C=O) groups excluding carboxylic acids is 2. The molecule has 4 rings (SSSR count). The van der Waals surface area contributed by atoms with Crippen molar-refractivity contribution in [3.05, 3.63) is 41.1 Å². The number of fused-ring (bicyclic) bond motifs is 2. The first kappa shape index (κ1) is 15.6. The number of carbonyl (C=O) groups is 2. The largest absolute Gasteiger partial charge is 0.496 e. The van der Waals surface area contributed by atoms with Gasteiger partial charge in [-0.15, -0.1) is 0 Å². The van der Waals surface area contributed by atoms with E-state index < -0.39 is 11.5 Å². The Kier molecular flexibility index (Phi) is 3.32. The molecule has 6 heteroatoms. The molecule has 0 bridgehead atoms. The van der Waals surface area contributed by atoms with Crippen molar-refractivity contribution >= 4 is 29.3 Å². The van der Waals surface area contributed by atoms with Gasteiger partial charge in [0, 0.05) is 18.2 Å². The number of ketones is 2. The minimum Gasteiger partial charge on any atom is -0.496 e. The summed E-state index contributed by atoms with van der Waals surface area (Å²) in [6.45, 7) is 3.53. The van der Waals surface area contributed by atoms with E-state index in [4.69, 9.17) is 4.74 Å². The monoisotopic (exact) mass is 335 g/mol. The van der Waals surface area contributed by atoms with Crippen LogP contribution in [-0.4, -0.2) is 42.0 Å². The summed E-state index contributed by atoms with van der Waals surface area (Å²) in [6, 6.07) is 7.38. The smallest absolute Gasteiger partial charge is 0.184 e. The Morgan fingerprint density at radius 1 is 1.16 bits per heavy atom. The van der Waals surface area contributed by atoms with Crippen LogP contribution in [0.15, 0.2) is 50.5 Å². The Bertz CT molecular complexity index is 935. The number of methoxy groups -OCH3 is 1. The molecule has 0 aromatic heterocycles. The lowest BCUT2D eigenvalue weighted by Gasteiger charge is -2.32. The zero-order chi connectivity index (χ0) is 17.8. The number of Topliss-reactive ketones (excluding diaryl/α,β-unsaturated/α-hetero) is 2. The molecular weight excluding hydrogens is 318 g/mol. The summed E-state index contributed by atoms with van der Waals surface area (Å²) >= 11 is 0. The third-order valence-electron chi connectivity index (χ3n) is 4.76. The van der Waals surface area contributed by atoms with Crippen LogP contribution >= 0.6 is 0 Å². The van der Waals surface area contributed by atoms with Crippen molar-refractivity contribution in [3.8, 4) is 5.75 Å². The summed E-state index contributed by atoms with van der Waals surface area (Å²) < 4.78 is 5.36. The molecule has 0 spiro atoms. The molecule has 2 heterocycles. The second kappa shape index (κ2) is 5.31. The van der Waals surface area contributed by atoms with Gasteiger partial charge in [0.15, 0.2) is 17.4 Å². The van der Waals surface area contributed by atoms with Crippen LogP contribution in [0.25, 0.3) is 0 Å². The lowest BCUT2D eigenvalue weighted by molar-refractivity contribution is -0.128. The molecule has 0 fully saturated rings. The van der Waals surface area contributed by atoms with Gasteiger partial charge in [0.05, 0.1) is 18.6 Å². The number of rotatable bonds is 2. The number of benzene rings is 1. The van der Waals surface area contributed by atoms with Crippen molar-refractivity contribution in [2.75, 3.05) is 7.11 Å². The van der Waals surface area contributed by atoms with Crippen LogP contribution in [-0.2, 0) is 9.59 Å². The van der Waals surface area contributed by atoms with Gasteiger partial charge < -0.3 is 4.74 Å². The molecule has 0 N–H and O–H groups in total. The first-order valence-electron chi connectivity index (χ1n) is 8.10. The van der Waals surface area contributed by atoms with Gasteiger partial charge in [-0.25, -0.2) is 9.98 Å². The lowest BCUT2D eigenvalue weighted by Crippen LogP contribution is -2.44. The summed E-state index contributed by atoms with van der Waals surface area (Å²) in [5, 5.41) is 0. The average molecular weight is 335 g/mol. The van der Waals surface area contributed by atoms with E-state index in [1.54, 1.807) is 27.2 Å². The van der Waals surface area contributed by atoms with E-state index in [2.05, 4.69) is 15.0 Å². The molecule has 0 amide bonds. The van der Waals surface area contributed by atoms with Gasteiger partial charge in [0.1, 0.15) is 22.7 Å². The molecule has 3 aliphatic rings. The molecule has 1 unspecified atom stereocenters. The predicted molar refractivity (Wildman–Crippen MR) is 94.7 cm³/mol. The van der Waals surface area contributed by atoms with E-state index in [0.29, 0.717) is 34.1 Å². The quantitative estimate of drug-likeness (QED) is 0.831. The van der Waals surface area contributed by atoms with Crippen LogP contribution in [0.3, 0.4) is 0 Å². The number of hydrogen-bond donors (Lipinski definition) is 0. The third-order valence-corrected chi connectivity index (χ3v) is 4.76. The molecule has 6 nitrogen and oxygen atoms in total. The first-order valence-corrected chi connectivity index (χ1v) is 8.10. The summed E-state index contributed by atoms with van der Waals surface area (Å²) in [7, 11) is 1.58. The molecule has 0 saturated carbocycles. The van der Waals surface area contributed by atoms with Crippen LogP contribution in [0.4, 0.5) is 0 Å². The summed E-state index contributed by atoms with van der Waals surface area (Å²) in [5.74, 6) is 0.361. The third kappa shape index (κ3) is 2.28. The number of nitrogens with zero attached hydrogens (tertiary/aromatic N) is 3. The molecule has 25 heavy (non-hydrogen) atoms. The second-order valence-electron chi connectivity index (χ2n) is 6.76. The van der Waals surface area contributed by atoms with Gasteiger partial charge in [0.2, 0.25) is 0 Å². The van der Waals surface area contributed by atoms with E-state index in [0.717, 1.165) is 0 Å². The van der Waals surface area contributed by atoms with Gasteiger partial charge in [-0.05, 0) is 26.0 Å². The molecule has 2 aliphatic heterocycles. The standard InChI is InChI=1S/C19H17N3O3/c1-19(2)17(24)11-8-13(23)16-15(12(11)9-20-19)21-18(22-16)10-6-4-5-7-14(10)25-3/h4-7,9,11H,8H2,1-3H3. The summed E-state index contributed by atoms with van der Waals surface area (Å²) in [5.41, 5.74) is 1.37. The maximum Gasteiger partial charge on any atom is 0.184 e. The molecule has 0 radical (unpaired) electrons. The normalized spacial score (nSPS) is 23.9. The first-order chi connectivity index (χ1) is 11.9. The number of ether oxygens (including phenoxy) is 1. The van der Waals surface area contributed by atoms with Gasteiger partial charge in [-0.3, -0.25) is 14.6 Å². The fraction of sp³-hybridized carbons (Fsp3) is 0.316. The number of amidine groups is 1. The fourth-order valence-corrected chi connectivity index (χ4v) is 3.35. The zero-order valence-corrected chi connectivity index (χ0v) is 14.2. The highest BCUT2D eigenvalue weighted by Crippen LogP contribution is 2.37. The van der Waals surface area contributed by atoms with Crippen molar-refractivity contribution in [2.45, 2.75) is 25.8 Å². The SMILES string of the molecule is COc1ccccc1C1=NC2=C3C=NC(C)(C)C(=O)C3CC(=O)C2=N1. The molecule has 0 saturated heterocycles. The topological polar surface area (TPSA) is 80.5 Å². The van der Waals surface area contributed by atoms with Gasteiger partial charge in [-0.1, -0.05) is 12.1 Å². The summed E-state index contributed by atoms with van der Waals surface area (Å²) in [4.78, 5) is 38.5. The highest BCUT2D eigenvalue weighted by molar-refractivity contribution is 6.51. The molecule has 126 valence electrons. The van der Waals surface area contributed by atoms with E-state index in [-0.39, 0.29) is 18.0 Å². The van der Waals surface area contributed by atoms with E-state index in [9.17, 15) is 9.59 Å². The molecular formula is C19H17N3O3. The van der Waals surface area contributed by atoms with Gasteiger partial charge in [0.25, 0.3) is 0 Å². The second-order valence-corrected chi connectivity index (χ2v) is 6.76. The number of hydrogen-bond acceptors (Lipinski definition) is 6. The van der Waals surface area contributed by atoms with Crippen molar-refractivity contribution in [1.82, 2.24) is 0 Å². The Balaban J connectivity index is 1.88. The Morgan fingerprint density at radius 3 is 2.68 bits per heavy atom. The van der Waals surface area contributed by atoms with Crippen molar-refractivity contribution in [2.24, 2.45) is 20.9 Å². The molecule has 1 atom stereocenters. The Labute approximate surface area is 145 Å². The van der Waals surface area contributed by atoms with Crippen LogP contribution in [0, 0.1) is 5.92 Å².